The van der Waals surface area contributed by atoms with Crippen LogP contribution in [0.25, 0.3) is 10.2 Å². The van der Waals surface area contributed by atoms with Crippen molar-refractivity contribution in [3.05, 3.63) is 23.7 Å². The molecule has 0 amide bonds. The molecule has 6 heteroatoms. The zero-order chi connectivity index (χ0) is 16.6. The van der Waals surface area contributed by atoms with Crippen LogP contribution in [0.2, 0.25) is 0 Å². The summed E-state index contributed by atoms with van der Waals surface area (Å²) in [4.78, 5) is 6.78. The molecule has 1 saturated heterocycles. The van der Waals surface area contributed by atoms with Gasteiger partial charge in [-0.3, -0.25) is 4.98 Å². The number of hydrogen-bond acceptors (Lipinski definition) is 4. The minimum absolute atomic E-state index is 0.0416. The molecule has 4 rings (SSSR count). The van der Waals surface area contributed by atoms with E-state index in [0.717, 1.165) is 56.6 Å². The number of rotatable bonds is 5. The summed E-state index contributed by atoms with van der Waals surface area (Å²) in [6.07, 6.45) is 5.03. The smallest absolute Gasteiger partial charge is 0.249 e. The lowest BCUT2D eigenvalue weighted by atomic mass is 9.61. The highest BCUT2D eigenvalue weighted by Gasteiger charge is 2.56. The maximum absolute atomic E-state index is 13.1. The highest BCUT2D eigenvalue weighted by molar-refractivity contribution is 7.17. The van der Waals surface area contributed by atoms with Crippen molar-refractivity contribution in [1.82, 2.24) is 9.88 Å². The molecule has 1 N–H and O–H groups in total. The molecule has 1 spiro atoms. The van der Waals surface area contributed by atoms with Crippen molar-refractivity contribution in [1.29, 1.82) is 0 Å². The molecule has 0 aromatic carbocycles. The highest BCUT2D eigenvalue weighted by Crippen LogP contribution is 2.57. The largest absolute Gasteiger partial charge is 0.384 e. The van der Waals surface area contributed by atoms with Crippen LogP contribution in [0.5, 0.6) is 0 Å². The van der Waals surface area contributed by atoms with Gasteiger partial charge in [0.15, 0.2) is 0 Å². The molecule has 2 aromatic rings. The van der Waals surface area contributed by atoms with Crippen LogP contribution in [0.1, 0.15) is 32.1 Å². The summed E-state index contributed by atoms with van der Waals surface area (Å²) in [5, 5.41) is 5.57. The molecule has 1 saturated carbocycles. The monoisotopic (exact) mass is 351 g/mol. The number of halogens is 2. The van der Waals surface area contributed by atoms with Crippen molar-refractivity contribution in [2.24, 2.45) is 5.41 Å². The van der Waals surface area contributed by atoms with E-state index in [9.17, 15) is 8.78 Å². The van der Waals surface area contributed by atoms with Crippen molar-refractivity contribution >= 4 is 27.2 Å². The van der Waals surface area contributed by atoms with Crippen LogP contribution in [-0.2, 0) is 0 Å². The maximum atomic E-state index is 13.1. The van der Waals surface area contributed by atoms with E-state index in [-0.39, 0.29) is 18.3 Å². The van der Waals surface area contributed by atoms with Crippen LogP contribution in [-0.4, -0.2) is 42.0 Å². The number of aromatic nitrogens is 1. The molecule has 24 heavy (non-hydrogen) atoms. The van der Waals surface area contributed by atoms with E-state index in [1.807, 2.05) is 18.3 Å². The third kappa shape index (κ3) is 3.26. The third-order valence-electron chi connectivity index (χ3n) is 5.49. The molecule has 0 unspecified atom stereocenters. The predicted molar refractivity (Wildman–Crippen MR) is 95.0 cm³/mol. The second kappa shape index (κ2) is 6.23. The number of piperidine rings is 1. The van der Waals surface area contributed by atoms with Gasteiger partial charge in [0.1, 0.15) is 0 Å². The van der Waals surface area contributed by atoms with Gasteiger partial charge in [0.2, 0.25) is 5.92 Å². The minimum atomic E-state index is -2.39. The lowest BCUT2D eigenvalue weighted by molar-refractivity contribution is -0.177. The van der Waals surface area contributed by atoms with Crippen molar-refractivity contribution < 1.29 is 8.78 Å². The maximum Gasteiger partial charge on any atom is 0.249 e. The van der Waals surface area contributed by atoms with Crippen LogP contribution < -0.4 is 5.32 Å². The number of alkyl halides is 2. The van der Waals surface area contributed by atoms with Crippen molar-refractivity contribution in [2.45, 2.75) is 38.0 Å². The highest BCUT2D eigenvalue weighted by atomic mass is 32.1. The first-order chi connectivity index (χ1) is 11.6. The number of fused-ring (bicyclic) bond motifs is 1. The Morgan fingerprint density at radius 1 is 1.21 bits per heavy atom. The Hall–Kier alpha value is -1.27. The fourth-order valence-electron chi connectivity index (χ4n) is 4.19. The molecule has 2 aliphatic rings. The van der Waals surface area contributed by atoms with Gasteiger partial charge in [-0.2, -0.15) is 0 Å². The van der Waals surface area contributed by atoms with E-state index < -0.39 is 5.92 Å². The van der Waals surface area contributed by atoms with Gasteiger partial charge in [0.05, 0.1) is 15.9 Å². The summed E-state index contributed by atoms with van der Waals surface area (Å²) >= 11 is 1.71. The van der Waals surface area contributed by atoms with Gasteiger partial charge in [-0.05, 0) is 61.8 Å². The van der Waals surface area contributed by atoms with Crippen molar-refractivity contribution in [3.8, 4) is 0 Å². The number of anilines is 1. The number of pyridine rings is 1. The first-order valence-corrected chi connectivity index (χ1v) is 9.60. The summed E-state index contributed by atoms with van der Waals surface area (Å²) in [5.41, 5.74) is 2.16. The molecule has 0 atom stereocenters. The Morgan fingerprint density at radius 3 is 2.75 bits per heavy atom. The van der Waals surface area contributed by atoms with E-state index >= 15 is 0 Å². The summed E-state index contributed by atoms with van der Waals surface area (Å²) in [5.74, 6) is -2.39. The molecular weight excluding hydrogens is 328 g/mol. The minimum Gasteiger partial charge on any atom is -0.384 e. The Bertz CT molecular complexity index is 697. The normalized spacial score (nSPS) is 22.6. The molecule has 1 aliphatic heterocycles. The molecule has 0 bridgehead atoms. The zero-order valence-corrected chi connectivity index (χ0v) is 14.5. The van der Waals surface area contributed by atoms with Crippen LogP contribution in [0.15, 0.2) is 23.7 Å². The van der Waals surface area contributed by atoms with Crippen molar-refractivity contribution in [2.75, 3.05) is 31.5 Å². The Morgan fingerprint density at radius 2 is 2.00 bits per heavy atom. The van der Waals surface area contributed by atoms with Crippen LogP contribution >= 0.6 is 11.3 Å². The van der Waals surface area contributed by atoms with E-state index in [2.05, 4.69) is 20.6 Å². The first-order valence-electron chi connectivity index (χ1n) is 8.72. The number of nitrogens with one attached hydrogen (secondary N) is 1. The number of nitrogens with zero attached hydrogens (tertiary/aromatic N) is 2. The molecule has 130 valence electrons. The van der Waals surface area contributed by atoms with Crippen LogP contribution in [0.4, 0.5) is 14.5 Å². The molecular formula is C18H23F2N3S. The number of likely N-dealkylation sites (tertiary alicyclic amines) is 1. The number of thiophene rings is 1. The Labute approximate surface area is 145 Å². The molecule has 2 fully saturated rings. The van der Waals surface area contributed by atoms with Gasteiger partial charge in [-0.1, -0.05) is 0 Å². The Balaban J connectivity index is 1.20. The third-order valence-corrected chi connectivity index (χ3v) is 6.43. The summed E-state index contributed by atoms with van der Waals surface area (Å²) in [6.45, 7) is 3.91. The molecule has 0 radical (unpaired) electrons. The van der Waals surface area contributed by atoms with Gasteiger partial charge in [0, 0.05) is 25.6 Å². The lowest BCUT2D eigenvalue weighted by Gasteiger charge is -2.51. The van der Waals surface area contributed by atoms with Gasteiger partial charge in [0.25, 0.3) is 0 Å². The fourth-order valence-corrected chi connectivity index (χ4v) is 5.03. The molecule has 1 aliphatic carbocycles. The average Bonchev–Trinajstić information content (AvgIpc) is 3.01. The van der Waals surface area contributed by atoms with Gasteiger partial charge >= 0.3 is 0 Å². The summed E-state index contributed by atoms with van der Waals surface area (Å²) in [6, 6.07) is 4.07. The SMILES string of the molecule is FC1(F)CC2(CCN(CCCNc3ccnc4ccsc34)CC2)C1. The average molecular weight is 351 g/mol. The van der Waals surface area contributed by atoms with Crippen LogP contribution in [0.3, 0.4) is 0 Å². The van der Waals surface area contributed by atoms with E-state index in [0.29, 0.717) is 0 Å². The second-order valence-corrected chi connectivity index (χ2v) is 8.24. The molecule has 3 heterocycles. The topological polar surface area (TPSA) is 28.2 Å². The van der Waals surface area contributed by atoms with Gasteiger partial charge in [-0.15, -0.1) is 11.3 Å². The zero-order valence-electron chi connectivity index (χ0n) is 13.7. The Kier molecular flexibility index (Phi) is 4.21. The van der Waals surface area contributed by atoms with E-state index in [1.165, 1.54) is 4.70 Å². The molecule has 3 nitrogen and oxygen atoms in total. The second-order valence-electron chi connectivity index (χ2n) is 7.32. The summed E-state index contributed by atoms with van der Waals surface area (Å²) in [7, 11) is 0. The summed E-state index contributed by atoms with van der Waals surface area (Å²) < 4.78 is 27.5. The predicted octanol–water partition coefficient (Wildman–Crippen LogP) is 4.61. The van der Waals surface area contributed by atoms with Crippen LogP contribution in [0, 0.1) is 5.41 Å². The quantitative estimate of drug-likeness (QED) is 0.798. The lowest BCUT2D eigenvalue weighted by Crippen LogP contribution is -2.52. The van der Waals surface area contributed by atoms with Crippen molar-refractivity contribution in [3.63, 3.8) is 0 Å². The van der Waals surface area contributed by atoms with Gasteiger partial charge in [-0.25, -0.2) is 8.78 Å². The fraction of sp³-hybridized carbons (Fsp3) is 0.611. The van der Waals surface area contributed by atoms with Gasteiger partial charge < -0.3 is 10.2 Å². The standard InChI is InChI=1S/C18H23F2N3S/c19-18(20)12-17(13-18)4-9-23(10-5-17)8-1-6-21-14-2-7-22-15-3-11-24-16(14)15/h2-3,7,11H,1,4-6,8-10,12-13H2,(H,21,22). The first kappa shape index (κ1) is 16.2. The van der Waals surface area contributed by atoms with E-state index in [4.69, 9.17) is 0 Å². The number of hydrogen-bond donors (Lipinski definition) is 1. The molecule has 2 aromatic heterocycles. The van der Waals surface area contributed by atoms with E-state index in [1.54, 1.807) is 11.3 Å².